The summed E-state index contributed by atoms with van der Waals surface area (Å²) in [5.41, 5.74) is 0. The standard InChI is InChI=1S/C11H15F3N2/c1-4-16(6-7(2)3)11-9(13)5-8(12)10(14)15-11/h5,7H,4,6H2,1-3H3. The Morgan fingerprint density at radius 2 is 1.88 bits per heavy atom. The average Bonchev–Trinajstić information content (AvgIpc) is 2.20. The van der Waals surface area contributed by atoms with E-state index in [4.69, 9.17) is 0 Å². The molecular formula is C11H15F3N2. The van der Waals surface area contributed by atoms with Crippen LogP contribution in [0.2, 0.25) is 0 Å². The van der Waals surface area contributed by atoms with Gasteiger partial charge in [0.25, 0.3) is 5.95 Å². The van der Waals surface area contributed by atoms with Crippen LogP contribution in [0.1, 0.15) is 20.8 Å². The molecule has 0 spiro atoms. The van der Waals surface area contributed by atoms with Gasteiger partial charge < -0.3 is 4.90 Å². The van der Waals surface area contributed by atoms with Gasteiger partial charge in [0.05, 0.1) is 0 Å². The molecule has 0 radical (unpaired) electrons. The summed E-state index contributed by atoms with van der Waals surface area (Å²) in [6.07, 6.45) is 0. The molecule has 0 bridgehead atoms. The summed E-state index contributed by atoms with van der Waals surface area (Å²) in [7, 11) is 0. The van der Waals surface area contributed by atoms with Crippen molar-refractivity contribution in [3.63, 3.8) is 0 Å². The van der Waals surface area contributed by atoms with Gasteiger partial charge in [0.15, 0.2) is 17.5 Å². The van der Waals surface area contributed by atoms with E-state index in [1.165, 1.54) is 0 Å². The zero-order valence-corrected chi connectivity index (χ0v) is 9.60. The van der Waals surface area contributed by atoms with Gasteiger partial charge in [0, 0.05) is 19.2 Å². The van der Waals surface area contributed by atoms with Gasteiger partial charge in [-0.25, -0.2) is 8.78 Å². The number of hydrogen-bond acceptors (Lipinski definition) is 2. The molecule has 1 heterocycles. The normalized spacial score (nSPS) is 10.9. The predicted octanol–water partition coefficient (Wildman–Crippen LogP) is 2.98. The van der Waals surface area contributed by atoms with Crippen LogP contribution in [0.4, 0.5) is 19.0 Å². The van der Waals surface area contributed by atoms with Gasteiger partial charge in [-0.05, 0) is 12.8 Å². The number of halogens is 3. The molecule has 0 aliphatic carbocycles. The fourth-order valence-electron chi connectivity index (χ4n) is 1.46. The molecule has 2 nitrogen and oxygen atoms in total. The molecule has 0 amide bonds. The molecule has 0 aliphatic rings. The van der Waals surface area contributed by atoms with Crippen LogP contribution in [0.15, 0.2) is 6.07 Å². The quantitative estimate of drug-likeness (QED) is 0.742. The predicted molar refractivity (Wildman–Crippen MR) is 56.8 cm³/mol. The van der Waals surface area contributed by atoms with Crippen LogP contribution in [0.25, 0.3) is 0 Å². The molecule has 1 aromatic heterocycles. The van der Waals surface area contributed by atoms with Crippen molar-refractivity contribution in [3.8, 4) is 0 Å². The number of anilines is 1. The van der Waals surface area contributed by atoms with Crippen molar-refractivity contribution in [2.24, 2.45) is 5.92 Å². The van der Waals surface area contributed by atoms with E-state index >= 15 is 0 Å². The lowest BCUT2D eigenvalue weighted by Gasteiger charge is -2.24. The van der Waals surface area contributed by atoms with Gasteiger partial charge in [-0.1, -0.05) is 13.8 Å². The van der Waals surface area contributed by atoms with Crippen molar-refractivity contribution >= 4 is 5.82 Å². The Hall–Kier alpha value is -1.26. The molecule has 0 saturated carbocycles. The van der Waals surface area contributed by atoms with Crippen LogP contribution in [-0.2, 0) is 0 Å². The first-order valence-corrected chi connectivity index (χ1v) is 5.22. The Bertz CT molecular complexity index is 366. The summed E-state index contributed by atoms with van der Waals surface area (Å²) in [6.45, 7) is 6.77. The Labute approximate surface area is 93.1 Å². The summed E-state index contributed by atoms with van der Waals surface area (Å²) in [4.78, 5) is 4.89. The molecule has 0 atom stereocenters. The second kappa shape index (κ2) is 5.18. The first kappa shape index (κ1) is 12.8. The van der Waals surface area contributed by atoms with E-state index < -0.39 is 17.6 Å². The van der Waals surface area contributed by atoms with Gasteiger partial charge in [-0.15, -0.1) is 0 Å². The molecule has 0 saturated heterocycles. The number of aromatic nitrogens is 1. The lowest BCUT2D eigenvalue weighted by Crippen LogP contribution is -2.29. The van der Waals surface area contributed by atoms with Gasteiger partial charge >= 0.3 is 0 Å². The minimum absolute atomic E-state index is 0.130. The number of pyridine rings is 1. The van der Waals surface area contributed by atoms with Crippen LogP contribution >= 0.6 is 0 Å². The SMILES string of the molecule is CCN(CC(C)C)c1nc(F)c(F)cc1F. The molecule has 0 aromatic carbocycles. The van der Waals surface area contributed by atoms with Crippen LogP contribution in [0.3, 0.4) is 0 Å². The lowest BCUT2D eigenvalue weighted by molar-refractivity contribution is 0.461. The van der Waals surface area contributed by atoms with Crippen molar-refractivity contribution in [1.29, 1.82) is 0 Å². The second-order valence-corrected chi connectivity index (χ2v) is 4.00. The highest BCUT2D eigenvalue weighted by molar-refractivity contribution is 5.39. The maximum Gasteiger partial charge on any atom is 0.251 e. The molecule has 0 fully saturated rings. The highest BCUT2D eigenvalue weighted by atomic mass is 19.2. The monoisotopic (exact) mass is 232 g/mol. The third-order valence-corrected chi connectivity index (χ3v) is 2.13. The maximum absolute atomic E-state index is 13.4. The maximum atomic E-state index is 13.4. The summed E-state index contributed by atoms with van der Waals surface area (Å²) in [5, 5.41) is 0. The third kappa shape index (κ3) is 2.87. The number of hydrogen-bond donors (Lipinski definition) is 0. The van der Waals surface area contributed by atoms with E-state index in [0.717, 1.165) is 0 Å². The first-order chi connectivity index (χ1) is 7.45. The smallest absolute Gasteiger partial charge is 0.251 e. The fraction of sp³-hybridized carbons (Fsp3) is 0.545. The molecule has 5 heteroatoms. The molecular weight excluding hydrogens is 217 g/mol. The minimum atomic E-state index is -1.27. The Balaban J connectivity index is 3.05. The zero-order valence-electron chi connectivity index (χ0n) is 9.60. The Morgan fingerprint density at radius 3 is 2.38 bits per heavy atom. The number of nitrogens with zero attached hydrogens (tertiary/aromatic N) is 2. The van der Waals surface area contributed by atoms with E-state index in [0.29, 0.717) is 19.2 Å². The molecule has 1 rings (SSSR count). The van der Waals surface area contributed by atoms with E-state index in [2.05, 4.69) is 4.98 Å². The van der Waals surface area contributed by atoms with Crippen LogP contribution in [0, 0.1) is 23.5 Å². The van der Waals surface area contributed by atoms with Gasteiger partial charge in [-0.3, -0.25) is 0 Å². The van der Waals surface area contributed by atoms with Crippen molar-refractivity contribution in [2.45, 2.75) is 20.8 Å². The van der Waals surface area contributed by atoms with Crippen molar-refractivity contribution in [2.75, 3.05) is 18.0 Å². The minimum Gasteiger partial charge on any atom is -0.354 e. The third-order valence-electron chi connectivity index (χ3n) is 2.13. The van der Waals surface area contributed by atoms with Gasteiger partial charge in [-0.2, -0.15) is 9.37 Å². The Kier molecular flexibility index (Phi) is 4.15. The largest absolute Gasteiger partial charge is 0.354 e. The molecule has 90 valence electrons. The highest BCUT2D eigenvalue weighted by Crippen LogP contribution is 2.19. The van der Waals surface area contributed by atoms with Crippen molar-refractivity contribution in [1.82, 2.24) is 4.98 Å². The van der Waals surface area contributed by atoms with Crippen LogP contribution < -0.4 is 4.90 Å². The summed E-state index contributed by atoms with van der Waals surface area (Å²) >= 11 is 0. The van der Waals surface area contributed by atoms with Crippen molar-refractivity contribution in [3.05, 3.63) is 23.6 Å². The van der Waals surface area contributed by atoms with Gasteiger partial charge in [0.1, 0.15) is 0 Å². The van der Waals surface area contributed by atoms with E-state index in [1.54, 1.807) is 4.90 Å². The van der Waals surface area contributed by atoms with Gasteiger partial charge in [0.2, 0.25) is 0 Å². The zero-order chi connectivity index (χ0) is 12.3. The summed E-state index contributed by atoms with van der Waals surface area (Å²) in [6, 6.07) is 0.528. The lowest BCUT2D eigenvalue weighted by atomic mass is 10.2. The average molecular weight is 232 g/mol. The molecule has 1 aromatic rings. The fourth-order valence-corrected chi connectivity index (χ4v) is 1.46. The first-order valence-electron chi connectivity index (χ1n) is 5.22. The molecule has 0 aliphatic heterocycles. The van der Waals surface area contributed by atoms with Crippen LogP contribution in [-0.4, -0.2) is 18.1 Å². The van der Waals surface area contributed by atoms with E-state index in [9.17, 15) is 13.2 Å². The molecule has 0 unspecified atom stereocenters. The van der Waals surface area contributed by atoms with E-state index in [1.807, 2.05) is 20.8 Å². The summed E-state index contributed by atoms with van der Waals surface area (Å²) < 4.78 is 39.0. The molecule has 0 N–H and O–H groups in total. The number of rotatable bonds is 4. The highest BCUT2D eigenvalue weighted by Gasteiger charge is 2.17. The Morgan fingerprint density at radius 1 is 1.25 bits per heavy atom. The topological polar surface area (TPSA) is 16.1 Å². The second-order valence-electron chi connectivity index (χ2n) is 4.00. The van der Waals surface area contributed by atoms with Crippen LogP contribution in [0.5, 0.6) is 0 Å². The van der Waals surface area contributed by atoms with E-state index in [-0.39, 0.29) is 11.7 Å². The molecule has 16 heavy (non-hydrogen) atoms. The summed E-state index contributed by atoms with van der Waals surface area (Å²) in [5.74, 6) is -3.20. The van der Waals surface area contributed by atoms with Crippen molar-refractivity contribution < 1.29 is 13.2 Å².